The number of aromatic nitrogens is 2. The fourth-order valence-electron chi connectivity index (χ4n) is 1.75. The van der Waals surface area contributed by atoms with E-state index in [0.717, 1.165) is 10.4 Å². The highest BCUT2D eigenvalue weighted by Gasteiger charge is 2.10. The van der Waals surface area contributed by atoms with E-state index in [0.29, 0.717) is 0 Å². The highest BCUT2D eigenvalue weighted by molar-refractivity contribution is 9.10. The third kappa shape index (κ3) is 2.11. The molecule has 1 heterocycles. The van der Waals surface area contributed by atoms with Gasteiger partial charge in [-0.15, -0.1) is 0 Å². The molecule has 84 valence electrons. The SMILES string of the molecule is CNc1nccn1C(C)c1cccc(Br)c1. The van der Waals surface area contributed by atoms with Gasteiger partial charge in [-0.25, -0.2) is 4.98 Å². The van der Waals surface area contributed by atoms with E-state index in [-0.39, 0.29) is 6.04 Å². The first-order valence-electron chi connectivity index (χ1n) is 5.18. The Kier molecular flexibility index (Phi) is 3.29. The number of imidazole rings is 1. The molecule has 0 saturated carbocycles. The van der Waals surface area contributed by atoms with E-state index < -0.39 is 0 Å². The summed E-state index contributed by atoms with van der Waals surface area (Å²) in [5, 5.41) is 3.08. The molecule has 0 bridgehead atoms. The van der Waals surface area contributed by atoms with Gasteiger partial charge in [-0.3, -0.25) is 0 Å². The Morgan fingerprint density at radius 2 is 2.25 bits per heavy atom. The summed E-state index contributed by atoms with van der Waals surface area (Å²) in [5.74, 6) is 0.882. The Balaban J connectivity index is 2.35. The molecule has 2 aromatic rings. The molecule has 4 heteroatoms. The van der Waals surface area contributed by atoms with Gasteiger partial charge in [0, 0.05) is 23.9 Å². The Labute approximate surface area is 104 Å². The van der Waals surface area contributed by atoms with Crippen LogP contribution >= 0.6 is 15.9 Å². The van der Waals surface area contributed by atoms with E-state index in [2.05, 4.69) is 49.9 Å². The summed E-state index contributed by atoms with van der Waals surface area (Å²) in [4.78, 5) is 4.24. The number of nitrogens with zero attached hydrogens (tertiary/aromatic N) is 2. The quantitative estimate of drug-likeness (QED) is 0.935. The van der Waals surface area contributed by atoms with Crippen LogP contribution < -0.4 is 5.32 Å². The minimum atomic E-state index is 0.266. The third-order valence-corrected chi connectivity index (χ3v) is 3.13. The number of benzene rings is 1. The largest absolute Gasteiger partial charge is 0.359 e. The summed E-state index contributed by atoms with van der Waals surface area (Å²) < 4.78 is 3.21. The van der Waals surface area contributed by atoms with Crippen molar-refractivity contribution in [3.05, 3.63) is 46.7 Å². The highest BCUT2D eigenvalue weighted by Crippen LogP contribution is 2.23. The van der Waals surface area contributed by atoms with Crippen LogP contribution in [0.1, 0.15) is 18.5 Å². The van der Waals surface area contributed by atoms with Crippen molar-refractivity contribution < 1.29 is 0 Å². The fourth-order valence-corrected chi connectivity index (χ4v) is 2.16. The first kappa shape index (κ1) is 11.2. The first-order chi connectivity index (χ1) is 7.72. The lowest BCUT2D eigenvalue weighted by Gasteiger charge is -2.16. The summed E-state index contributed by atoms with van der Waals surface area (Å²) in [5.41, 5.74) is 1.25. The lowest BCUT2D eigenvalue weighted by Crippen LogP contribution is -2.09. The predicted molar refractivity (Wildman–Crippen MR) is 69.7 cm³/mol. The molecule has 0 fully saturated rings. The molecule has 1 aromatic carbocycles. The van der Waals surface area contributed by atoms with Gasteiger partial charge in [-0.2, -0.15) is 0 Å². The highest BCUT2D eigenvalue weighted by atomic mass is 79.9. The van der Waals surface area contributed by atoms with Crippen molar-refractivity contribution in [1.82, 2.24) is 9.55 Å². The van der Waals surface area contributed by atoms with E-state index in [1.54, 1.807) is 6.20 Å². The second kappa shape index (κ2) is 4.70. The monoisotopic (exact) mass is 279 g/mol. The number of nitrogens with one attached hydrogen (secondary N) is 1. The number of halogens is 1. The average Bonchev–Trinajstić information content (AvgIpc) is 2.76. The van der Waals surface area contributed by atoms with Crippen molar-refractivity contribution in [3.63, 3.8) is 0 Å². The van der Waals surface area contributed by atoms with Crippen LogP contribution in [0, 0.1) is 0 Å². The average molecular weight is 280 g/mol. The summed E-state index contributed by atoms with van der Waals surface area (Å²) in [6.07, 6.45) is 3.79. The van der Waals surface area contributed by atoms with Crippen LogP contribution in [0.25, 0.3) is 0 Å². The summed E-state index contributed by atoms with van der Waals surface area (Å²) >= 11 is 3.49. The molecule has 0 amide bonds. The Morgan fingerprint density at radius 3 is 2.94 bits per heavy atom. The predicted octanol–water partition coefficient (Wildman–Crippen LogP) is 3.30. The van der Waals surface area contributed by atoms with Crippen LogP contribution in [0.15, 0.2) is 41.1 Å². The molecule has 0 spiro atoms. The van der Waals surface area contributed by atoms with Crippen LogP contribution in [0.4, 0.5) is 5.95 Å². The number of hydrogen-bond donors (Lipinski definition) is 1. The van der Waals surface area contributed by atoms with Crippen molar-refractivity contribution in [2.75, 3.05) is 12.4 Å². The van der Waals surface area contributed by atoms with E-state index in [9.17, 15) is 0 Å². The molecular formula is C12H14BrN3. The summed E-state index contributed by atoms with van der Waals surface area (Å²) in [6.45, 7) is 2.16. The maximum atomic E-state index is 4.24. The van der Waals surface area contributed by atoms with E-state index in [1.165, 1.54) is 5.56 Å². The Hall–Kier alpha value is -1.29. The molecule has 1 N–H and O–H groups in total. The Morgan fingerprint density at radius 1 is 1.44 bits per heavy atom. The van der Waals surface area contributed by atoms with Crippen molar-refractivity contribution in [1.29, 1.82) is 0 Å². The molecular weight excluding hydrogens is 266 g/mol. The minimum absolute atomic E-state index is 0.266. The van der Waals surface area contributed by atoms with E-state index in [1.807, 2.05) is 25.4 Å². The molecule has 0 aliphatic carbocycles. The molecule has 1 unspecified atom stereocenters. The van der Waals surface area contributed by atoms with E-state index in [4.69, 9.17) is 0 Å². The zero-order valence-corrected chi connectivity index (χ0v) is 10.9. The van der Waals surface area contributed by atoms with Crippen LogP contribution in [0.2, 0.25) is 0 Å². The van der Waals surface area contributed by atoms with Crippen LogP contribution in [-0.4, -0.2) is 16.6 Å². The molecule has 0 aliphatic heterocycles. The van der Waals surface area contributed by atoms with Crippen molar-refractivity contribution in [3.8, 4) is 0 Å². The number of rotatable bonds is 3. The van der Waals surface area contributed by atoms with Gasteiger partial charge in [-0.05, 0) is 24.6 Å². The van der Waals surface area contributed by atoms with Gasteiger partial charge in [-0.1, -0.05) is 28.1 Å². The number of anilines is 1. The molecule has 0 saturated heterocycles. The molecule has 0 radical (unpaired) electrons. The van der Waals surface area contributed by atoms with E-state index >= 15 is 0 Å². The molecule has 16 heavy (non-hydrogen) atoms. The maximum Gasteiger partial charge on any atom is 0.203 e. The van der Waals surface area contributed by atoms with Crippen LogP contribution in [0.3, 0.4) is 0 Å². The second-order valence-corrected chi connectivity index (χ2v) is 4.55. The van der Waals surface area contributed by atoms with Crippen molar-refractivity contribution in [2.24, 2.45) is 0 Å². The van der Waals surface area contributed by atoms with Gasteiger partial charge in [0.2, 0.25) is 5.95 Å². The first-order valence-corrected chi connectivity index (χ1v) is 5.97. The molecule has 0 aliphatic rings. The fraction of sp³-hybridized carbons (Fsp3) is 0.250. The van der Waals surface area contributed by atoms with Gasteiger partial charge in [0.25, 0.3) is 0 Å². The molecule has 3 nitrogen and oxygen atoms in total. The van der Waals surface area contributed by atoms with Crippen LogP contribution in [-0.2, 0) is 0 Å². The molecule has 1 atom stereocenters. The maximum absolute atomic E-state index is 4.24. The molecule has 1 aromatic heterocycles. The standard InChI is InChI=1S/C12H14BrN3/c1-9(10-4-3-5-11(13)8-10)16-7-6-15-12(16)14-2/h3-9H,1-2H3,(H,14,15). The van der Waals surface area contributed by atoms with Crippen LogP contribution in [0.5, 0.6) is 0 Å². The van der Waals surface area contributed by atoms with Crippen molar-refractivity contribution >= 4 is 21.9 Å². The van der Waals surface area contributed by atoms with Crippen molar-refractivity contribution in [2.45, 2.75) is 13.0 Å². The third-order valence-electron chi connectivity index (χ3n) is 2.64. The van der Waals surface area contributed by atoms with Gasteiger partial charge in [0.05, 0.1) is 6.04 Å². The zero-order valence-electron chi connectivity index (χ0n) is 9.31. The lowest BCUT2D eigenvalue weighted by molar-refractivity contribution is 0.645. The Bertz CT molecular complexity index is 479. The summed E-state index contributed by atoms with van der Waals surface area (Å²) in [6, 6.07) is 8.59. The smallest absolute Gasteiger partial charge is 0.203 e. The van der Waals surface area contributed by atoms with Gasteiger partial charge >= 0.3 is 0 Å². The molecule has 2 rings (SSSR count). The lowest BCUT2D eigenvalue weighted by atomic mass is 10.1. The summed E-state index contributed by atoms with van der Waals surface area (Å²) in [7, 11) is 1.88. The topological polar surface area (TPSA) is 29.9 Å². The zero-order chi connectivity index (χ0) is 11.5. The van der Waals surface area contributed by atoms with Gasteiger partial charge < -0.3 is 9.88 Å². The number of hydrogen-bond acceptors (Lipinski definition) is 2. The normalized spacial score (nSPS) is 12.4. The van der Waals surface area contributed by atoms with Gasteiger partial charge in [0.1, 0.15) is 0 Å². The second-order valence-electron chi connectivity index (χ2n) is 3.64. The minimum Gasteiger partial charge on any atom is -0.359 e. The van der Waals surface area contributed by atoms with Gasteiger partial charge in [0.15, 0.2) is 0 Å².